The minimum atomic E-state index is 0.347. The zero-order valence-electron chi connectivity index (χ0n) is 14.6. The zero-order valence-corrected chi connectivity index (χ0v) is 14.6. The van der Waals surface area contributed by atoms with Crippen molar-refractivity contribution >= 4 is 0 Å². The predicted octanol–water partition coefficient (Wildman–Crippen LogP) is 2.51. The molecule has 2 unspecified atom stereocenters. The van der Waals surface area contributed by atoms with E-state index in [1.54, 1.807) is 0 Å². The van der Waals surface area contributed by atoms with Gasteiger partial charge in [0.05, 0.1) is 13.2 Å². The van der Waals surface area contributed by atoms with Crippen molar-refractivity contribution in [2.24, 2.45) is 17.1 Å². The second kappa shape index (κ2) is 9.78. The molecule has 126 valence electrons. The van der Waals surface area contributed by atoms with Crippen molar-refractivity contribution < 1.29 is 9.47 Å². The van der Waals surface area contributed by atoms with Crippen LogP contribution in [0.4, 0.5) is 0 Å². The van der Waals surface area contributed by atoms with Crippen molar-refractivity contribution in [3.63, 3.8) is 0 Å². The molecule has 0 aromatic rings. The van der Waals surface area contributed by atoms with E-state index < -0.39 is 0 Å². The molecule has 1 aliphatic rings. The van der Waals surface area contributed by atoms with Crippen LogP contribution in [0.25, 0.3) is 0 Å². The van der Waals surface area contributed by atoms with Crippen molar-refractivity contribution in [1.29, 1.82) is 0 Å². The monoisotopic (exact) mass is 300 g/mol. The number of ether oxygens (including phenoxy) is 2. The van der Waals surface area contributed by atoms with Gasteiger partial charge in [0.15, 0.2) is 0 Å². The van der Waals surface area contributed by atoms with Crippen LogP contribution in [0.1, 0.15) is 47.0 Å². The molecule has 0 bridgehead atoms. The first-order valence-electron chi connectivity index (χ1n) is 8.62. The summed E-state index contributed by atoms with van der Waals surface area (Å²) in [4.78, 5) is 2.47. The highest BCUT2D eigenvalue weighted by Gasteiger charge is 2.33. The molecule has 0 aromatic heterocycles. The summed E-state index contributed by atoms with van der Waals surface area (Å²) in [5, 5.41) is 0. The SMILES string of the molecule is CCOCCN(CCOCC)CC1CC(C)(C)CCC1N. The van der Waals surface area contributed by atoms with Gasteiger partial charge >= 0.3 is 0 Å². The van der Waals surface area contributed by atoms with Crippen LogP contribution in [-0.4, -0.2) is 57.0 Å². The molecule has 0 aromatic carbocycles. The number of rotatable bonds is 10. The smallest absolute Gasteiger partial charge is 0.0593 e. The van der Waals surface area contributed by atoms with Gasteiger partial charge in [0.1, 0.15) is 0 Å². The number of nitrogens with zero attached hydrogens (tertiary/aromatic N) is 1. The molecule has 21 heavy (non-hydrogen) atoms. The minimum Gasteiger partial charge on any atom is -0.380 e. The third kappa shape index (κ3) is 7.59. The molecule has 2 N–H and O–H groups in total. The van der Waals surface area contributed by atoms with E-state index in [4.69, 9.17) is 15.2 Å². The Morgan fingerprint density at radius 3 is 2.19 bits per heavy atom. The number of hydrogen-bond acceptors (Lipinski definition) is 4. The molecule has 1 fully saturated rings. The first-order chi connectivity index (χ1) is 9.98. The van der Waals surface area contributed by atoms with Gasteiger partial charge in [-0.15, -0.1) is 0 Å². The van der Waals surface area contributed by atoms with Crippen LogP contribution < -0.4 is 5.73 Å². The summed E-state index contributed by atoms with van der Waals surface area (Å²) >= 11 is 0. The highest BCUT2D eigenvalue weighted by atomic mass is 16.5. The summed E-state index contributed by atoms with van der Waals surface area (Å²) in [6, 6.07) is 0.347. The van der Waals surface area contributed by atoms with Gasteiger partial charge in [-0.05, 0) is 44.4 Å². The van der Waals surface area contributed by atoms with E-state index in [1.165, 1.54) is 12.8 Å². The fourth-order valence-electron chi connectivity index (χ4n) is 3.26. The lowest BCUT2D eigenvalue weighted by atomic mass is 9.70. The van der Waals surface area contributed by atoms with E-state index in [0.29, 0.717) is 17.4 Å². The van der Waals surface area contributed by atoms with Gasteiger partial charge in [0.2, 0.25) is 0 Å². The maximum absolute atomic E-state index is 6.37. The maximum atomic E-state index is 6.37. The van der Waals surface area contributed by atoms with Crippen molar-refractivity contribution in [1.82, 2.24) is 4.90 Å². The molecule has 4 heteroatoms. The average molecular weight is 300 g/mol. The van der Waals surface area contributed by atoms with Crippen LogP contribution in [0.2, 0.25) is 0 Å². The Morgan fingerprint density at radius 1 is 1.10 bits per heavy atom. The summed E-state index contributed by atoms with van der Waals surface area (Å²) in [5.74, 6) is 0.594. The van der Waals surface area contributed by atoms with Crippen LogP contribution >= 0.6 is 0 Å². The Hall–Kier alpha value is -0.160. The van der Waals surface area contributed by atoms with Crippen LogP contribution in [0.5, 0.6) is 0 Å². The third-order valence-electron chi connectivity index (χ3n) is 4.58. The Morgan fingerprint density at radius 2 is 1.67 bits per heavy atom. The lowest BCUT2D eigenvalue weighted by Crippen LogP contribution is -2.46. The number of nitrogens with two attached hydrogens (primary N) is 1. The topological polar surface area (TPSA) is 47.7 Å². The largest absolute Gasteiger partial charge is 0.380 e. The van der Waals surface area contributed by atoms with Crippen LogP contribution in [0.3, 0.4) is 0 Å². The van der Waals surface area contributed by atoms with Gasteiger partial charge in [-0.25, -0.2) is 0 Å². The molecular weight excluding hydrogens is 264 g/mol. The first-order valence-corrected chi connectivity index (χ1v) is 8.62. The van der Waals surface area contributed by atoms with Gasteiger partial charge in [-0.1, -0.05) is 13.8 Å². The Bertz CT molecular complexity index is 262. The molecule has 1 saturated carbocycles. The van der Waals surface area contributed by atoms with Crippen molar-refractivity contribution in [2.45, 2.75) is 53.0 Å². The summed E-state index contributed by atoms with van der Waals surface area (Å²) in [6.07, 6.45) is 3.64. The average Bonchev–Trinajstić information content (AvgIpc) is 2.43. The van der Waals surface area contributed by atoms with Gasteiger partial charge < -0.3 is 15.2 Å². The second-order valence-corrected chi connectivity index (χ2v) is 7.03. The Balaban J connectivity index is 2.47. The van der Waals surface area contributed by atoms with Crippen molar-refractivity contribution in [3.05, 3.63) is 0 Å². The summed E-state index contributed by atoms with van der Waals surface area (Å²) in [6.45, 7) is 15.0. The lowest BCUT2D eigenvalue weighted by Gasteiger charge is -2.41. The molecule has 1 aliphatic carbocycles. The number of hydrogen-bond donors (Lipinski definition) is 1. The minimum absolute atomic E-state index is 0.347. The van der Waals surface area contributed by atoms with Crippen LogP contribution in [0, 0.1) is 11.3 Å². The highest BCUT2D eigenvalue weighted by Crippen LogP contribution is 2.38. The molecule has 2 atom stereocenters. The van der Waals surface area contributed by atoms with E-state index in [1.807, 2.05) is 13.8 Å². The molecule has 0 saturated heterocycles. The van der Waals surface area contributed by atoms with Gasteiger partial charge in [0, 0.05) is 38.9 Å². The first kappa shape index (κ1) is 18.9. The molecule has 0 radical (unpaired) electrons. The summed E-state index contributed by atoms with van der Waals surface area (Å²) < 4.78 is 11.0. The molecule has 4 nitrogen and oxygen atoms in total. The summed E-state index contributed by atoms with van der Waals surface area (Å²) in [7, 11) is 0. The lowest BCUT2D eigenvalue weighted by molar-refractivity contribution is 0.0580. The van der Waals surface area contributed by atoms with Gasteiger partial charge in [-0.2, -0.15) is 0 Å². The van der Waals surface area contributed by atoms with Gasteiger partial charge in [0.25, 0.3) is 0 Å². The molecular formula is C17H36N2O2. The van der Waals surface area contributed by atoms with Crippen LogP contribution in [-0.2, 0) is 9.47 Å². The van der Waals surface area contributed by atoms with Crippen LogP contribution in [0.15, 0.2) is 0 Å². The normalized spacial score (nSPS) is 25.4. The summed E-state index contributed by atoms with van der Waals surface area (Å²) in [5.41, 5.74) is 6.81. The van der Waals surface area contributed by atoms with E-state index in [9.17, 15) is 0 Å². The van der Waals surface area contributed by atoms with E-state index in [0.717, 1.165) is 52.5 Å². The second-order valence-electron chi connectivity index (χ2n) is 7.03. The fraction of sp³-hybridized carbons (Fsp3) is 1.00. The Labute approximate surface area is 131 Å². The third-order valence-corrected chi connectivity index (χ3v) is 4.58. The fourth-order valence-corrected chi connectivity index (χ4v) is 3.26. The van der Waals surface area contributed by atoms with Crippen molar-refractivity contribution in [3.8, 4) is 0 Å². The highest BCUT2D eigenvalue weighted by molar-refractivity contribution is 4.88. The molecule has 1 rings (SSSR count). The predicted molar refractivity (Wildman–Crippen MR) is 88.5 cm³/mol. The quantitative estimate of drug-likeness (QED) is 0.630. The Kier molecular flexibility index (Phi) is 8.79. The molecule has 0 spiro atoms. The maximum Gasteiger partial charge on any atom is 0.0593 e. The molecule has 0 heterocycles. The van der Waals surface area contributed by atoms with E-state index in [2.05, 4.69) is 18.7 Å². The zero-order chi connectivity index (χ0) is 15.7. The van der Waals surface area contributed by atoms with Crippen molar-refractivity contribution in [2.75, 3.05) is 46.1 Å². The van der Waals surface area contributed by atoms with Gasteiger partial charge in [-0.3, -0.25) is 4.90 Å². The standard InChI is InChI=1S/C17H36N2O2/c1-5-20-11-9-19(10-12-21-6-2)14-15-13-17(3,4)8-7-16(15)18/h15-16H,5-14,18H2,1-4H3. The van der Waals surface area contributed by atoms with E-state index >= 15 is 0 Å². The van der Waals surface area contributed by atoms with E-state index in [-0.39, 0.29) is 0 Å². The molecule has 0 aliphatic heterocycles. The molecule has 0 amide bonds.